The number of nitrogens with one attached hydrogen (secondary N) is 2. The molecule has 1 rings (SSSR count). The summed E-state index contributed by atoms with van der Waals surface area (Å²) in [6.45, 7) is 1.51. The smallest absolute Gasteiger partial charge is 0.192 e. The third-order valence-corrected chi connectivity index (χ3v) is 2.03. The summed E-state index contributed by atoms with van der Waals surface area (Å²) in [6.07, 6.45) is 0.329. The van der Waals surface area contributed by atoms with Crippen LogP contribution in [-0.4, -0.2) is 16.7 Å². The first kappa shape index (κ1) is 9.66. The Kier molecular flexibility index (Phi) is 2.97. The second kappa shape index (κ2) is 3.99. The van der Waals surface area contributed by atoms with Gasteiger partial charge in [-0.25, -0.2) is 4.98 Å². The molecule has 0 unspecified atom stereocenters. The predicted octanol–water partition coefficient (Wildman–Crippen LogP) is 0.580. The molecule has 4 N–H and O–H groups in total. The molecule has 0 radical (unpaired) electrons. The topological polar surface area (TPSA) is 91.9 Å². The minimum Gasteiger partial charge on any atom is -0.370 e. The van der Waals surface area contributed by atoms with Crippen LogP contribution in [0.2, 0.25) is 0 Å². The Hall–Kier alpha value is -1.43. The van der Waals surface area contributed by atoms with Crippen molar-refractivity contribution in [1.82, 2.24) is 4.98 Å². The summed E-state index contributed by atoms with van der Waals surface area (Å²) in [7, 11) is 0. The van der Waals surface area contributed by atoms with Gasteiger partial charge < -0.3 is 11.1 Å². The molecule has 13 heavy (non-hydrogen) atoms. The van der Waals surface area contributed by atoms with Crippen molar-refractivity contribution in [2.45, 2.75) is 13.3 Å². The molecule has 0 amide bonds. The van der Waals surface area contributed by atoms with Gasteiger partial charge in [0.2, 0.25) is 0 Å². The number of guanidine groups is 1. The molecule has 70 valence electrons. The van der Waals surface area contributed by atoms with Gasteiger partial charge in [-0.3, -0.25) is 10.2 Å². The van der Waals surface area contributed by atoms with Crippen LogP contribution in [0.3, 0.4) is 0 Å². The van der Waals surface area contributed by atoms with Gasteiger partial charge in [0.15, 0.2) is 11.1 Å². The number of nitrogens with two attached hydrogens (primary N) is 1. The van der Waals surface area contributed by atoms with Gasteiger partial charge in [-0.15, -0.1) is 11.3 Å². The lowest BCUT2D eigenvalue weighted by atomic mass is 10.3. The number of hydrogen-bond acceptors (Lipinski definition) is 4. The van der Waals surface area contributed by atoms with Gasteiger partial charge in [0.25, 0.3) is 0 Å². The molecule has 0 fully saturated rings. The Morgan fingerprint density at radius 3 is 3.08 bits per heavy atom. The molecule has 0 aliphatic carbocycles. The zero-order valence-corrected chi connectivity index (χ0v) is 7.94. The molecule has 1 aromatic heterocycles. The van der Waals surface area contributed by atoms with Gasteiger partial charge in [-0.05, 0) is 6.92 Å². The third kappa shape index (κ3) is 3.20. The van der Waals surface area contributed by atoms with Crippen LogP contribution in [0, 0.1) is 5.41 Å². The average Bonchev–Trinajstić information content (AvgIpc) is 2.33. The SMILES string of the molecule is CC(=O)Cc1csc(NC(=N)N)n1. The molecule has 0 aliphatic rings. The Morgan fingerprint density at radius 1 is 1.85 bits per heavy atom. The first-order valence-corrected chi connectivity index (χ1v) is 4.51. The minimum absolute atomic E-state index is 0.0691. The van der Waals surface area contributed by atoms with Crippen molar-refractivity contribution >= 4 is 28.2 Å². The Bertz CT molecular complexity index is 302. The number of anilines is 1. The molecule has 0 aliphatic heterocycles. The lowest BCUT2D eigenvalue weighted by Crippen LogP contribution is -2.20. The first-order valence-electron chi connectivity index (χ1n) is 3.63. The highest BCUT2D eigenvalue weighted by Gasteiger charge is 2.03. The Balaban J connectivity index is 2.63. The van der Waals surface area contributed by atoms with Crippen molar-refractivity contribution in [2.75, 3.05) is 5.32 Å². The van der Waals surface area contributed by atoms with E-state index in [0.29, 0.717) is 17.2 Å². The Labute approximate surface area is 79.5 Å². The van der Waals surface area contributed by atoms with E-state index in [1.807, 2.05) is 0 Å². The molecule has 1 heterocycles. The summed E-state index contributed by atoms with van der Waals surface area (Å²) in [5.41, 5.74) is 5.82. The van der Waals surface area contributed by atoms with Crippen molar-refractivity contribution in [2.24, 2.45) is 5.73 Å². The molecular weight excluding hydrogens is 188 g/mol. The number of thiazole rings is 1. The first-order chi connectivity index (χ1) is 6.08. The molecule has 0 spiro atoms. The number of aromatic nitrogens is 1. The van der Waals surface area contributed by atoms with E-state index in [1.54, 1.807) is 5.38 Å². The van der Waals surface area contributed by atoms with Crippen LogP contribution in [0.5, 0.6) is 0 Å². The molecule has 1 aromatic rings. The number of Topliss-reactive ketones (excluding diaryl/α,β-unsaturated/α-hetero) is 1. The Morgan fingerprint density at radius 2 is 2.54 bits per heavy atom. The number of hydrogen-bond donors (Lipinski definition) is 3. The van der Waals surface area contributed by atoms with Crippen LogP contribution in [0.4, 0.5) is 5.13 Å². The standard InChI is InChI=1S/C7H10N4OS/c1-4(12)2-5-3-13-7(10-5)11-6(8)9/h3H,2H2,1H3,(H4,8,9,10,11). The van der Waals surface area contributed by atoms with E-state index in [1.165, 1.54) is 18.3 Å². The van der Waals surface area contributed by atoms with Crippen LogP contribution in [0.25, 0.3) is 0 Å². The van der Waals surface area contributed by atoms with Gasteiger partial charge in [-0.2, -0.15) is 0 Å². The third-order valence-electron chi connectivity index (χ3n) is 1.22. The highest BCUT2D eigenvalue weighted by atomic mass is 32.1. The van der Waals surface area contributed by atoms with Gasteiger partial charge in [0.1, 0.15) is 5.78 Å². The highest BCUT2D eigenvalue weighted by molar-refractivity contribution is 7.13. The van der Waals surface area contributed by atoms with Gasteiger partial charge in [0, 0.05) is 11.8 Å². The lowest BCUT2D eigenvalue weighted by molar-refractivity contribution is -0.116. The average molecular weight is 198 g/mol. The number of nitrogens with zero attached hydrogens (tertiary/aromatic N) is 1. The molecule has 0 saturated carbocycles. The summed E-state index contributed by atoms with van der Waals surface area (Å²) in [4.78, 5) is 14.8. The van der Waals surface area contributed by atoms with E-state index in [2.05, 4.69) is 10.3 Å². The van der Waals surface area contributed by atoms with Crippen molar-refractivity contribution < 1.29 is 4.79 Å². The zero-order valence-electron chi connectivity index (χ0n) is 7.13. The van der Waals surface area contributed by atoms with Crippen LogP contribution in [0.1, 0.15) is 12.6 Å². The van der Waals surface area contributed by atoms with Crippen LogP contribution >= 0.6 is 11.3 Å². The van der Waals surface area contributed by atoms with Gasteiger partial charge in [-0.1, -0.05) is 0 Å². The second-order valence-corrected chi connectivity index (χ2v) is 3.42. The maximum atomic E-state index is 10.7. The fourth-order valence-electron chi connectivity index (χ4n) is 0.816. The fourth-order valence-corrected chi connectivity index (χ4v) is 1.54. The quantitative estimate of drug-likeness (QED) is 0.489. The van der Waals surface area contributed by atoms with Crippen LogP contribution < -0.4 is 11.1 Å². The number of rotatable bonds is 3. The van der Waals surface area contributed by atoms with E-state index in [0.717, 1.165) is 0 Å². The predicted molar refractivity (Wildman–Crippen MR) is 52.0 cm³/mol. The maximum Gasteiger partial charge on any atom is 0.192 e. The summed E-state index contributed by atoms with van der Waals surface area (Å²) < 4.78 is 0. The molecule has 0 aromatic carbocycles. The van der Waals surface area contributed by atoms with E-state index < -0.39 is 0 Å². The number of carbonyl (C=O) groups is 1. The van der Waals surface area contributed by atoms with Gasteiger partial charge >= 0.3 is 0 Å². The van der Waals surface area contributed by atoms with E-state index in [9.17, 15) is 4.79 Å². The number of ketones is 1. The largest absolute Gasteiger partial charge is 0.370 e. The van der Waals surface area contributed by atoms with Crippen molar-refractivity contribution in [3.05, 3.63) is 11.1 Å². The van der Waals surface area contributed by atoms with Crippen molar-refractivity contribution in [1.29, 1.82) is 5.41 Å². The van der Waals surface area contributed by atoms with E-state index in [4.69, 9.17) is 11.1 Å². The van der Waals surface area contributed by atoms with E-state index in [-0.39, 0.29) is 11.7 Å². The van der Waals surface area contributed by atoms with Crippen LogP contribution in [-0.2, 0) is 11.2 Å². The summed E-state index contributed by atoms with van der Waals surface area (Å²) >= 11 is 1.32. The molecular formula is C7H10N4OS. The van der Waals surface area contributed by atoms with Gasteiger partial charge in [0.05, 0.1) is 5.69 Å². The second-order valence-electron chi connectivity index (χ2n) is 2.56. The maximum absolute atomic E-state index is 10.7. The fraction of sp³-hybridized carbons (Fsp3) is 0.286. The summed E-state index contributed by atoms with van der Waals surface area (Å²) in [5.74, 6) is -0.0802. The summed E-state index contributed by atoms with van der Waals surface area (Å²) in [6, 6.07) is 0. The monoisotopic (exact) mass is 198 g/mol. The molecule has 5 nitrogen and oxygen atoms in total. The minimum atomic E-state index is -0.149. The van der Waals surface area contributed by atoms with Crippen molar-refractivity contribution in [3.63, 3.8) is 0 Å². The summed E-state index contributed by atoms with van der Waals surface area (Å²) in [5, 5.41) is 11.8. The molecule has 6 heteroatoms. The van der Waals surface area contributed by atoms with E-state index >= 15 is 0 Å². The molecule has 0 saturated heterocycles. The zero-order chi connectivity index (χ0) is 9.84. The lowest BCUT2D eigenvalue weighted by Gasteiger charge is -1.95. The van der Waals surface area contributed by atoms with Crippen LogP contribution in [0.15, 0.2) is 5.38 Å². The van der Waals surface area contributed by atoms with Crippen molar-refractivity contribution in [3.8, 4) is 0 Å². The molecule has 0 atom stereocenters. The number of carbonyl (C=O) groups excluding carboxylic acids is 1. The highest BCUT2D eigenvalue weighted by Crippen LogP contribution is 2.15. The normalized spacial score (nSPS) is 9.62. The molecule has 0 bridgehead atoms.